The van der Waals surface area contributed by atoms with Gasteiger partial charge in [-0.1, -0.05) is 17.7 Å². The quantitative estimate of drug-likeness (QED) is 0.891. The Hall–Kier alpha value is -0.820. The smallest absolute Gasteiger partial charge is 0.301 e. The fourth-order valence-electron chi connectivity index (χ4n) is 2.29. The van der Waals surface area contributed by atoms with Crippen molar-refractivity contribution in [3.05, 3.63) is 28.8 Å². The second kappa shape index (κ2) is 6.30. The summed E-state index contributed by atoms with van der Waals surface area (Å²) in [6, 6.07) is 5.24. The van der Waals surface area contributed by atoms with Crippen LogP contribution < -0.4 is 10.5 Å². The molecule has 1 aromatic carbocycles. The maximum atomic E-state index is 12.3. The van der Waals surface area contributed by atoms with E-state index in [2.05, 4.69) is 4.72 Å². The molecule has 0 atom stereocenters. The van der Waals surface area contributed by atoms with Crippen molar-refractivity contribution in [1.82, 2.24) is 4.31 Å². The number of hydrogen-bond donors (Lipinski definition) is 2. The van der Waals surface area contributed by atoms with Crippen LogP contribution in [0.15, 0.2) is 18.2 Å². The Morgan fingerprint density at radius 3 is 2.60 bits per heavy atom. The van der Waals surface area contributed by atoms with Gasteiger partial charge < -0.3 is 5.73 Å². The zero-order valence-electron chi connectivity index (χ0n) is 11.5. The van der Waals surface area contributed by atoms with E-state index >= 15 is 0 Å². The van der Waals surface area contributed by atoms with E-state index in [-0.39, 0.29) is 0 Å². The lowest BCUT2D eigenvalue weighted by atomic mass is 9.99. The molecule has 1 aromatic rings. The molecule has 1 aliphatic rings. The first-order valence-electron chi connectivity index (χ1n) is 6.66. The molecule has 2 rings (SSSR count). The fourth-order valence-corrected chi connectivity index (χ4v) is 3.91. The molecule has 3 N–H and O–H groups in total. The van der Waals surface area contributed by atoms with Crippen LogP contribution >= 0.6 is 11.6 Å². The first kappa shape index (κ1) is 15.6. The third-order valence-electron chi connectivity index (χ3n) is 3.61. The third-order valence-corrected chi connectivity index (χ3v) is 5.45. The Morgan fingerprint density at radius 1 is 1.40 bits per heavy atom. The molecule has 0 saturated carbocycles. The standard InChI is InChI=1S/C13H20ClN3O2S/c1-10-2-3-13(12(14)8-10)16-20(18,19)17-6-4-11(9-15)5-7-17/h2-3,8,11,16H,4-7,9,15H2,1H3. The van der Waals surface area contributed by atoms with Gasteiger partial charge in [0.05, 0.1) is 10.7 Å². The highest BCUT2D eigenvalue weighted by atomic mass is 35.5. The normalized spacial score (nSPS) is 18.1. The average molecular weight is 318 g/mol. The van der Waals surface area contributed by atoms with Gasteiger partial charge in [-0.15, -0.1) is 0 Å². The fraction of sp³-hybridized carbons (Fsp3) is 0.538. The van der Waals surface area contributed by atoms with Crippen LogP contribution in [-0.2, 0) is 10.2 Å². The number of benzene rings is 1. The van der Waals surface area contributed by atoms with Crippen molar-refractivity contribution in [3.8, 4) is 0 Å². The Bertz CT molecular complexity index is 569. The number of rotatable bonds is 4. The highest BCUT2D eigenvalue weighted by Gasteiger charge is 2.27. The van der Waals surface area contributed by atoms with Crippen molar-refractivity contribution in [2.24, 2.45) is 11.7 Å². The number of halogens is 1. The Labute approximate surface area is 125 Å². The maximum Gasteiger partial charge on any atom is 0.301 e. The lowest BCUT2D eigenvalue weighted by Gasteiger charge is -2.30. The minimum absolute atomic E-state index is 0.408. The van der Waals surface area contributed by atoms with Gasteiger partial charge in [-0.2, -0.15) is 12.7 Å². The molecule has 7 heteroatoms. The van der Waals surface area contributed by atoms with Crippen LogP contribution in [0.25, 0.3) is 0 Å². The Morgan fingerprint density at radius 2 is 2.05 bits per heavy atom. The minimum atomic E-state index is -3.55. The van der Waals surface area contributed by atoms with Crippen molar-refractivity contribution in [2.75, 3.05) is 24.4 Å². The van der Waals surface area contributed by atoms with E-state index in [9.17, 15) is 8.42 Å². The van der Waals surface area contributed by atoms with Gasteiger partial charge in [0.15, 0.2) is 0 Å². The van der Waals surface area contributed by atoms with E-state index in [1.807, 2.05) is 13.0 Å². The van der Waals surface area contributed by atoms with Gasteiger partial charge in [0.1, 0.15) is 0 Å². The number of aryl methyl sites for hydroxylation is 1. The maximum absolute atomic E-state index is 12.3. The summed E-state index contributed by atoms with van der Waals surface area (Å²) in [6.45, 7) is 3.52. The van der Waals surface area contributed by atoms with E-state index in [1.54, 1.807) is 12.1 Å². The molecule has 1 aliphatic heterocycles. The number of nitrogens with one attached hydrogen (secondary N) is 1. The monoisotopic (exact) mass is 317 g/mol. The molecular formula is C13H20ClN3O2S. The topological polar surface area (TPSA) is 75.4 Å². The van der Waals surface area contributed by atoms with Gasteiger partial charge in [-0.05, 0) is 49.9 Å². The van der Waals surface area contributed by atoms with E-state index in [1.165, 1.54) is 4.31 Å². The number of nitrogens with two attached hydrogens (primary N) is 1. The number of anilines is 1. The summed E-state index contributed by atoms with van der Waals surface area (Å²) in [6.07, 6.45) is 1.61. The summed E-state index contributed by atoms with van der Waals surface area (Å²) in [4.78, 5) is 0. The molecule has 0 unspecified atom stereocenters. The number of piperidine rings is 1. The van der Waals surface area contributed by atoms with Gasteiger partial charge in [0.25, 0.3) is 0 Å². The van der Waals surface area contributed by atoms with Gasteiger partial charge >= 0.3 is 10.2 Å². The molecule has 5 nitrogen and oxygen atoms in total. The molecule has 0 aromatic heterocycles. The molecule has 112 valence electrons. The van der Waals surface area contributed by atoms with E-state index in [4.69, 9.17) is 17.3 Å². The Kier molecular flexibility index (Phi) is 4.90. The van der Waals surface area contributed by atoms with Gasteiger partial charge in [-0.25, -0.2) is 0 Å². The predicted octanol–water partition coefficient (Wildman–Crippen LogP) is 1.98. The van der Waals surface area contributed by atoms with Crippen molar-refractivity contribution >= 4 is 27.5 Å². The van der Waals surface area contributed by atoms with Crippen LogP contribution in [0.4, 0.5) is 5.69 Å². The Balaban J connectivity index is 2.08. The molecule has 1 heterocycles. The van der Waals surface area contributed by atoms with Crippen LogP contribution in [0.1, 0.15) is 18.4 Å². The predicted molar refractivity (Wildman–Crippen MR) is 82.1 cm³/mol. The van der Waals surface area contributed by atoms with Crippen LogP contribution in [0.5, 0.6) is 0 Å². The van der Waals surface area contributed by atoms with Crippen molar-refractivity contribution in [1.29, 1.82) is 0 Å². The molecule has 0 radical (unpaired) electrons. The number of hydrogen-bond acceptors (Lipinski definition) is 3. The zero-order chi connectivity index (χ0) is 14.8. The highest BCUT2D eigenvalue weighted by Crippen LogP contribution is 2.26. The van der Waals surface area contributed by atoms with Gasteiger partial charge in [0, 0.05) is 13.1 Å². The molecule has 0 spiro atoms. The first-order chi connectivity index (χ1) is 9.42. The van der Waals surface area contributed by atoms with Gasteiger partial charge in [-0.3, -0.25) is 4.72 Å². The lowest BCUT2D eigenvalue weighted by Crippen LogP contribution is -2.42. The molecule has 1 saturated heterocycles. The summed E-state index contributed by atoms with van der Waals surface area (Å²) >= 11 is 6.06. The van der Waals surface area contributed by atoms with Crippen molar-refractivity contribution < 1.29 is 8.42 Å². The first-order valence-corrected chi connectivity index (χ1v) is 8.48. The third kappa shape index (κ3) is 3.63. The van der Waals surface area contributed by atoms with Crippen LogP contribution in [0.3, 0.4) is 0 Å². The minimum Gasteiger partial charge on any atom is -0.330 e. The molecule has 20 heavy (non-hydrogen) atoms. The molecule has 1 fully saturated rings. The van der Waals surface area contributed by atoms with E-state index in [0.29, 0.717) is 36.3 Å². The van der Waals surface area contributed by atoms with Crippen LogP contribution in [0.2, 0.25) is 5.02 Å². The highest BCUT2D eigenvalue weighted by molar-refractivity contribution is 7.90. The summed E-state index contributed by atoms with van der Waals surface area (Å²) in [5.74, 6) is 0.421. The SMILES string of the molecule is Cc1ccc(NS(=O)(=O)N2CCC(CN)CC2)c(Cl)c1. The zero-order valence-corrected chi connectivity index (χ0v) is 13.0. The van der Waals surface area contributed by atoms with E-state index < -0.39 is 10.2 Å². The van der Waals surface area contributed by atoms with Crippen LogP contribution in [-0.4, -0.2) is 32.4 Å². The molecule has 0 amide bonds. The second-order valence-electron chi connectivity index (χ2n) is 5.17. The summed E-state index contributed by atoms with van der Waals surface area (Å²) in [5.41, 5.74) is 7.02. The molecule has 0 bridgehead atoms. The second-order valence-corrected chi connectivity index (χ2v) is 7.25. The summed E-state index contributed by atoms with van der Waals surface area (Å²) < 4.78 is 28.6. The average Bonchev–Trinajstić information content (AvgIpc) is 2.42. The number of nitrogens with zero attached hydrogens (tertiary/aromatic N) is 1. The van der Waals surface area contributed by atoms with E-state index in [0.717, 1.165) is 18.4 Å². The summed E-state index contributed by atoms with van der Waals surface area (Å²) in [7, 11) is -3.55. The molecular weight excluding hydrogens is 298 g/mol. The van der Waals surface area contributed by atoms with Gasteiger partial charge in [0.2, 0.25) is 0 Å². The molecule has 0 aliphatic carbocycles. The van der Waals surface area contributed by atoms with Crippen LogP contribution in [0, 0.1) is 12.8 Å². The van der Waals surface area contributed by atoms with Crippen molar-refractivity contribution in [3.63, 3.8) is 0 Å². The van der Waals surface area contributed by atoms with Crippen molar-refractivity contribution in [2.45, 2.75) is 19.8 Å². The largest absolute Gasteiger partial charge is 0.330 e. The summed E-state index contributed by atoms with van der Waals surface area (Å²) in [5, 5.41) is 0.408. The lowest BCUT2D eigenvalue weighted by molar-refractivity contribution is 0.280.